The fraction of sp³-hybridized carbons (Fsp3) is 0.643. The number of likely N-dealkylation sites (tertiary alicyclic amines) is 1. The SMILES string of the molecule is CC(C)(C)OC(=O)N1CCCC(Oc2cnccn2)C1. The molecule has 1 unspecified atom stereocenters. The van der Waals surface area contributed by atoms with Gasteiger partial charge in [0.1, 0.15) is 11.7 Å². The summed E-state index contributed by atoms with van der Waals surface area (Å²) in [6.45, 7) is 6.81. The summed E-state index contributed by atoms with van der Waals surface area (Å²) in [5.41, 5.74) is -0.476. The normalized spacial score (nSPS) is 19.6. The monoisotopic (exact) mass is 279 g/mol. The van der Waals surface area contributed by atoms with Crippen LogP contribution in [0.1, 0.15) is 33.6 Å². The van der Waals surface area contributed by atoms with Gasteiger partial charge in [-0.05, 0) is 33.6 Å². The Morgan fingerprint density at radius 3 is 2.85 bits per heavy atom. The van der Waals surface area contributed by atoms with E-state index in [1.165, 1.54) is 0 Å². The van der Waals surface area contributed by atoms with Gasteiger partial charge in [-0.25, -0.2) is 9.78 Å². The summed E-state index contributed by atoms with van der Waals surface area (Å²) in [5, 5.41) is 0. The predicted molar refractivity (Wildman–Crippen MR) is 73.5 cm³/mol. The first-order chi connectivity index (χ1) is 9.44. The number of ether oxygens (including phenoxy) is 2. The van der Waals surface area contributed by atoms with Gasteiger partial charge in [-0.15, -0.1) is 0 Å². The summed E-state index contributed by atoms with van der Waals surface area (Å²) >= 11 is 0. The van der Waals surface area contributed by atoms with E-state index in [9.17, 15) is 4.79 Å². The lowest BCUT2D eigenvalue weighted by Crippen LogP contribution is -2.46. The van der Waals surface area contributed by atoms with Crippen molar-refractivity contribution in [3.8, 4) is 5.88 Å². The van der Waals surface area contributed by atoms with Gasteiger partial charge in [-0.3, -0.25) is 4.98 Å². The third-order valence-corrected chi connectivity index (χ3v) is 2.86. The molecule has 0 spiro atoms. The average Bonchev–Trinajstić information content (AvgIpc) is 2.38. The predicted octanol–water partition coefficient (Wildman–Crippen LogP) is 2.25. The van der Waals surface area contributed by atoms with E-state index in [0.29, 0.717) is 19.0 Å². The van der Waals surface area contributed by atoms with Crippen LogP contribution in [-0.4, -0.2) is 45.8 Å². The van der Waals surface area contributed by atoms with Crippen molar-refractivity contribution < 1.29 is 14.3 Å². The van der Waals surface area contributed by atoms with E-state index in [-0.39, 0.29) is 12.2 Å². The Bertz CT molecular complexity index is 445. The number of carbonyl (C=O) groups excluding carboxylic acids is 1. The van der Waals surface area contributed by atoms with E-state index in [1.807, 2.05) is 20.8 Å². The van der Waals surface area contributed by atoms with Gasteiger partial charge in [-0.2, -0.15) is 0 Å². The topological polar surface area (TPSA) is 64.5 Å². The molecule has 1 saturated heterocycles. The summed E-state index contributed by atoms with van der Waals surface area (Å²) < 4.78 is 11.1. The Labute approximate surface area is 119 Å². The Morgan fingerprint density at radius 1 is 1.40 bits per heavy atom. The quantitative estimate of drug-likeness (QED) is 0.830. The molecular weight excluding hydrogens is 258 g/mol. The molecular formula is C14H21N3O3. The minimum absolute atomic E-state index is 0.0621. The maximum Gasteiger partial charge on any atom is 0.410 e. The van der Waals surface area contributed by atoms with E-state index >= 15 is 0 Å². The Morgan fingerprint density at radius 2 is 2.20 bits per heavy atom. The van der Waals surface area contributed by atoms with Crippen LogP contribution in [0.15, 0.2) is 18.6 Å². The zero-order valence-electron chi connectivity index (χ0n) is 12.2. The minimum atomic E-state index is -0.476. The molecule has 20 heavy (non-hydrogen) atoms. The molecule has 1 aliphatic rings. The van der Waals surface area contributed by atoms with E-state index in [0.717, 1.165) is 12.8 Å². The zero-order valence-corrected chi connectivity index (χ0v) is 12.2. The van der Waals surface area contributed by atoms with Gasteiger partial charge in [0.25, 0.3) is 0 Å². The lowest BCUT2D eigenvalue weighted by molar-refractivity contribution is 0.00718. The molecule has 0 saturated carbocycles. The Balaban J connectivity index is 1.90. The second-order valence-corrected chi connectivity index (χ2v) is 5.85. The van der Waals surface area contributed by atoms with Gasteiger partial charge < -0.3 is 14.4 Å². The van der Waals surface area contributed by atoms with Gasteiger partial charge in [-0.1, -0.05) is 0 Å². The van der Waals surface area contributed by atoms with E-state index < -0.39 is 5.60 Å². The molecule has 6 nitrogen and oxygen atoms in total. The van der Waals surface area contributed by atoms with Crippen molar-refractivity contribution >= 4 is 6.09 Å². The van der Waals surface area contributed by atoms with Crippen LogP contribution in [-0.2, 0) is 4.74 Å². The zero-order chi connectivity index (χ0) is 14.6. The van der Waals surface area contributed by atoms with Crippen molar-refractivity contribution in [3.05, 3.63) is 18.6 Å². The molecule has 0 bridgehead atoms. The lowest BCUT2D eigenvalue weighted by Gasteiger charge is -2.33. The number of rotatable bonds is 2. The van der Waals surface area contributed by atoms with Crippen molar-refractivity contribution in [2.45, 2.75) is 45.3 Å². The van der Waals surface area contributed by atoms with Crippen LogP contribution < -0.4 is 4.74 Å². The highest BCUT2D eigenvalue weighted by Crippen LogP contribution is 2.18. The smallest absolute Gasteiger partial charge is 0.410 e. The number of piperidine rings is 1. The molecule has 1 aromatic rings. The van der Waals surface area contributed by atoms with Gasteiger partial charge in [0, 0.05) is 18.9 Å². The first kappa shape index (κ1) is 14.6. The first-order valence-corrected chi connectivity index (χ1v) is 6.84. The summed E-state index contributed by atoms with van der Waals surface area (Å²) in [4.78, 5) is 21.8. The van der Waals surface area contributed by atoms with Gasteiger partial charge in [0.05, 0.1) is 12.7 Å². The molecule has 1 atom stereocenters. The standard InChI is InChI=1S/C14H21N3O3/c1-14(2,3)20-13(18)17-8-4-5-11(10-17)19-12-9-15-6-7-16-12/h6-7,9,11H,4-5,8,10H2,1-3H3. The molecule has 6 heteroatoms. The van der Waals surface area contributed by atoms with E-state index in [4.69, 9.17) is 9.47 Å². The van der Waals surface area contributed by atoms with E-state index in [2.05, 4.69) is 9.97 Å². The second-order valence-electron chi connectivity index (χ2n) is 5.85. The van der Waals surface area contributed by atoms with Crippen molar-refractivity contribution in [2.75, 3.05) is 13.1 Å². The third kappa shape index (κ3) is 4.36. The van der Waals surface area contributed by atoms with Crippen LogP contribution >= 0.6 is 0 Å². The molecule has 0 N–H and O–H groups in total. The van der Waals surface area contributed by atoms with Crippen molar-refractivity contribution in [1.82, 2.24) is 14.9 Å². The van der Waals surface area contributed by atoms with Crippen molar-refractivity contribution in [1.29, 1.82) is 0 Å². The second kappa shape index (κ2) is 6.07. The Kier molecular flexibility index (Phi) is 4.42. The minimum Gasteiger partial charge on any atom is -0.471 e. The number of carbonyl (C=O) groups is 1. The summed E-state index contributed by atoms with van der Waals surface area (Å²) in [5.74, 6) is 0.489. The molecule has 0 radical (unpaired) electrons. The fourth-order valence-electron chi connectivity index (χ4n) is 2.04. The number of amides is 1. The Hall–Kier alpha value is -1.85. The highest BCUT2D eigenvalue weighted by Gasteiger charge is 2.28. The van der Waals surface area contributed by atoms with Gasteiger partial charge >= 0.3 is 6.09 Å². The van der Waals surface area contributed by atoms with Gasteiger partial charge in [0.2, 0.25) is 5.88 Å². The molecule has 1 fully saturated rings. The molecule has 0 aliphatic carbocycles. The number of aromatic nitrogens is 2. The first-order valence-electron chi connectivity index (χ1n) is 6.84. The number of nitrogens with zero attached hydrogens (tertiary/aromatic N) is 3. The number of hydrogen-bond acceptors (Lipinski definition) is 5. The van der Waals surface area contributed by atoms with Crippen LogP contribution in [0.3, 0.4) is 0 Å². The highest BCUT2D eigenvalue weighted by molar-refractivity contribution is 5.68. The van der Waals surface area contributed by atoms with Crippen molar-refractivity contribution in [3.63, 3.8) is 0 Å². The molecule has 1 aromatic heterocycles. The van der Waals surface area contributed by atoms with Crippen LogP contribution in [0.5, 0.6) is 5.88 Å². The molecule has 0 aromatic carbocycles. The summed E-state index contributed by atoms with van der Waals surface area (Å²) in [6, 6.07) is 0. The molecule has 110 valence electrons. The maximum atomic E-state index is 12.0. The highest BCUT2D eigenvalue weighted by atomic mass is 16.6. The van der Waals surface area contributed by atoms with Crippen LogP contribution in [0.4, 0.5) is 4.79 Å². The molecule has 2 heterocycles. The molecule has 1 aliphatic heterocycles. The van der Waals surface area contributed by atoms with Crippen LogP contribution in [0.25, 0.3) is 0 Å². The molecule has 1 amide bonds. The van der Waals surface area contributed by atoms with E-state index in [1.54, 1.807) is 23.5 Å². The van der Waals surface area contributed by atoms with Crippen molar-refractivity contribution in [2.24, 2.45) is 0 Å². The lowest BCUT2D eigenvalue weighted by atomic mass is 10.1. The fourth-order valence-corrected chi connectivity index (χ4v) is 2.04. The third-order valence-electron chi connectivity index (χ3n) is 2.86. The largest absolute Gasteiger partial charge is 0.471 e. The average molecular weight is 279 g/mol. The summed E-state index contributed by atoms with van der Waals surface area (Å²) in [7, 11) is 0. The van der Waals surface area contributed by atoms with Gasteiger partial charge in [0.15, 0.2) is 0 Å². The van der Waals surface area contributed by atoms with Crippen LogP contribution in [0, 0.1) is 0 Å². The van der Waals surface area contributed by atoms with Crippen LogP contribution in [0.2, 0.25) is 0 Å². The maximum absolute atomic E-state index is 12.0. The summed E-state index contributed by atoms with van der Waals surface area (Å²) in [6.07, 6.45) is 6.20. The number of hydrogen-bond donors (Lipinski definition) is 0. The molecule has 2 rings (SSSR count).